The third kappa shape index (κ3) is 5.43. The fourth-order valence-electron chi connectivity index (χ4n) is 0.189. The smallest absolute Gasteiger partial charge is 0.302 e. The summed E-state index contributed by atoms with van der Waals surface area (Å²) in [4.78, 5) is 9.87. The summed E-state index contributed by atoms with van der Waals surface area (Å²) in [6, 6.07) is 0. The summed E-state index contributed by atoms with van der Waals surface area (Å²) in [6.45, 7) is 1.31. The number of carbonyl (C=O) groups excluding carboxylic acids is 1. The van der Waals surface area contributed by atoms with Crippen molar-refractivity contribution in [3.05, 3.63) is 0 Å². The Balaban J connectivity index is 2.82. The molecule has 0 heterocycles. The number of esters is 1. The number of aliphatic hydroxyl groups excluding tert-OH is 1. The minimum absolute atomic E-state index is 0.0976. The van der Waals surface area contributed by atoms with E-state index in [9.17, 15) is 4.79 Å². The average molecular weight is 104 g/mol. The maximum Gasteiger partial charge on any atom is 0.302 e. The van der Waals surface area contributed by atoms with Gasteiger partial charge in [-0.15, -0.1) is 0 Å². The normalized spacial score (nSPS) is 8.29. The van der Waals surface area contributed by atoms with Gasteiger partial charge in [0.25, 0.3) is 0 Å². The molecule has 0 rings (SSSR count). The number of rotatable bonds is 2. The van der Waals surface area contributed by atoms with Crippen LogP contribution in [-0.2, 0) is 9.53 Å². The van der Waals surface area contributed by atoms with Gasteiger partial charge < -0.3 is 9.84 Å². The molecule has 0 fully saturated rings. The highest BCUT2D eigenvalue weighted by Crippen LogP contribution is 1.71. The van der Waals surface area contributed by atoms with Gasteiger partial charge in [0.15, 0.2) is 0 Å². The van der Waals surface area contributed by atoms with Gasteiger partial charge in [0.2, 0.25) is 0 Å². The zero-order valence-electron chi connectivity index (χ0n) is 4.18. The largest absolute Gasteiger partial charge is 0.463 e. The zero-order valence-corrected chi connectivity index (χ0v) is 4.18. The van der Waals surface area contributed by atoms with Crippen molar-refractivity contribution in [1.29, 1.82) is 0 Å². The van der Waals surface area contributed by atoms with Gasteiger partial charge in [-0.25, -0.2) is 0 Å². The molecule has 0 bridgehead atoms. The fraction of sp³-hybridized carbons (Fsp3) is 0.750. The van der Waals surface area contributed by atoms with Crippen LogP contribution in [0.3, 0.4) is 0 Å². The van der Waals surface area contributed by atoms with Crippen LogP contribution in [0.1, 0.15) is 6.92 Å². The van der Waals surface area contributed by atoms with E-state index in [4.69, 9.17) is 5.11 Å². The Labute approximate surface area is 41.9 Å². The van der Waals surface area contributed by atoms with Crippen molar-refractivity contribution in [1.82, 2.24) is 0 Å². The summed E-state index contributed by atoms with van der Waals surface area (Å²) < 4.78 is 4.30. The van der Waals surface area contributed by atoms with E-state index in [2.05, 4.69) is 4.74 Å². The van der Waals surface area contributed by atoms with Gasteiger partial charge in [-0.2, -0.15) is 0 Å². The summed E-state index contributed by atoms with van der Waals surface area (Å²) >= 11 is 0. The first-order valence-electron chi connectivity index (χ1n) is 2.01. The summed E-state index contributed by atoms with van der Waals surface area (Å²) in [5, 5.41) is 8.04. The molecule has 42 valence electrons. The summed E-state index contributed by atoms with van der Waals surface area (Å²) in [6.07, 6.45) is 0. The highest BCUT2D eigenvalue weighted by molar-refractivity contribution is 5.65. The van der Waals surface area contributed by atoms with E-state index < -0.39 is 0 Å². The maximum absolute atomic E-state index is 9.87. The fourth-order valence-corrected chi connectivity index (χ4v) is 0.189. The minimum Gasteiger partial charge on any atom is -0.463 e. The predicted molar refractivity (Wildman–Crippen MR) is 23.7 cm³/mol. The summed E-state index contributed by atoms with van der Waals surface area (Å²) in [7, 11) is 0. The van der Waals surface area contributed by atoms with Gasteiger partial charge in [0, 0.05) is 6.92 Å². The molecule has 0 saturated carbocycles. The molecule has 0 aliphatic carbocycles. The van der Waals surface area contributed by atoms with Gasteiger partial charge in [-0.3, -0.25) is 4.79 Å². The Morgan fingerprint density at radius 2 is 2.43 bits per heavy atom. The molecule has 0 spiro atoms. The summed E-state index contributed by atoms with van der Waals surface area (Å²) in [5.74, 6) is -0.353. The number of carbonyl (C=O) groups is 1. The lowest BCUT2D eigenvalue weighted by Crippen LogP contribution is -2.03. The molecule has 3 nitrogen and oxygen atoms in total. The van der Waals surface area contributed by atoms with E-state index in [-0.39, 0.29) is 19.2 Å². The molecule has 0 aliphatic heterocycles. The van der Waals surface area contributed by atoms with E-state index >= 15 is 0 Å². The SMILES string of the molecule is CC(=O)OCCO. The number of ether oxygens (including phenoxy) is 1. The summed E-state index contributed by atoms with van der Waals surface area (Å²) in [5.41, 5.74) is 0. The average Bonchev–Trinajstić information content (AvgIpc) is 1.61. The molecule has 0 aromatic carbocycles. The van der Waals surface area contributed by atoms with Crippen molar-refractivity contribution in [3.8, 4) is 0 Å². The van der Waals surface area contributed by atoms with E-state index in [0.29, 0.717) is 0 Å². The van der Waals surface area contributed by atoms with Crippen LogP contribution in [-0.4, -0.2) is 24.3 Å². The molecular weight excluding hydrogens is 96.0 g/mol. The lowest BCUT2D eigenvalue weighted by Gasteiger charge is -1.93. The minimum atomic E-state index is -0.353. The van der Waals surface area contributed by atoms with Crippen LogP contribution in [0.5, 0.6) is 0 Å². The molecule has 0 aromatic heterocycles. The molecule has 0 radical (unpaired) electrons. The number of hydrogen-bond donors (Lipinski definition) is 1. The van der Waals surface area contributed by atoms with Crippen LogP contribution in [0.4, 0.5) is 0 Å². The monoisotopic (exact) mass is 104 g/mol. The van der Waals surface area contributed by atoms with Gasteiger partial charge in [-0.1, -0.05) is 0 Å². The molecule has 0 aromatic rings. The number of aliphatic hydroxyl groups is 1. The first kappa shape index (κ1) is 6.43. The second-order valence-electron chi connectivity index (χ2n) is 1.06. The van der Waals surface area contributed by atoms with Gasteiger partial charge in [-0.05, 0) is 0 Å². The topological polar surface area (TPSA) is 46.5 Å². The van der Waals surface area contributed by atoms with Crippen molar-refractivity contribution >= 4 is 5.97 Å². The molecule has 0 saturated heterocycles. The molecule has 0 aliphatic rings. The Morgan fingerprint density at radius 3 is 2.57 bits per heavy atom. The lowest BCUT2D eigenvalue weighted by molar-refractivity contribution is -0.141. The highest BCUT2D eigenvalue weighted by Gasteiger charge is 1.86. The predicted octanol–water partition coefficient (Wildman–Crippen LogP) is -0.458. The maximum atomic E-state index is 9.87. The standard InChI is InChI=1S/C4H8O3/c1-4(6)7-3-2-5/h5H,2-3H2,1H3. The van der Waals surface area contributed by atoms with E-state index in [1.54, 1.807) is 0 Å². The van der Waals surface area contributed by atoms with Crippen molar-refractivity contribution < 1.29 is 14.6 Å². The van der Waals surface area contributed by atoms with E-state index in [1.807, 2.05) is 0 Å². The van der Waals surface area contributed by atoms with Gasteiger partial charge in [0.05, 0.1) is 6.61 Å². The van der Waals surface area contributed by atoms with Crippen molar-refractivity contribution in [2.24, 2.45) is 0 Å². The Morgan fingerprint density at radius 1 is 1.86 bits per heavy atom. The molecule has 7 heavy (non-hydrogen) atoms. The Hall–Kier alpha value is -0.570. The molecular formula is C4H8O3. The first-order valence-corrected chi connectivity index (χ1v) is 2.01. The van der Waals surface area contributed by atoms with Crippen molar-refractivity contribution in [2.75, 3.05) is 13.2 Å². The van der Waals surface area contributed by atoms with Crippen LogP contribution in [0.2, 0.25) is 0 Å². The first-order chi connectivity index (χ1) is 3.27. The van der Waals surface area contributed by atoms with Crippen molar-refractivity contribution in [3.63, 3.8) is 0 Å². The highest BCUT2D eigenvalue weighted by atomic mass is 16.5. The second-order valence-corrected chi connectivity index (χ2v) is 1.06. The Kier molecular flexibility index (Phi) is 3.32. The van der Waals surface area contributed by atoms with Gasteiger partial charge in [0.1, 0.15) is 6.61 Å². The van der Waals surface area contributed by atoms with E-state index in [1.165, 1.54) is 6.92 Å². The van der Waals surface area contributed by atoms with Crippen LogP contribution < -0.4 is 0 Å². The van der Waals surface area contributed by atoms with Crippen molar-refractivity contribution in [2.45, 2.75) is 6.92 Å². The Bertz CT molecular complexity index is 60.0. The van der Waals surface area contributed by atoms with Crippen LogP contribution in [0.15, 0.2) is 0 Å². The quantitative estimate of drug-likeness (QED) is 0.482. The van der Waals surface area contributed by atoms with Crippen LogP contribution in [0, 0.1) is 0 Å². The van der Waals surface area contributed by atoms with Crippen LogP contribution in [0.25, 0.3) is 0 Å². The van der Waals surface area contributed by atoms with Gasteiger partial charge >= 0.3 is 5.97 Å². The second kappa shape index (κ2) is 3.61. The third-order valence-corrected chi connectivity index (χ3v) is 0.397. The zero-order chi connectivity index (χ0) is 5.70. The molecule has 1 N–H and O–H groups in total. The number of hydrogen-bond acceptors (Lipinski definition) is 3. The third-order valence-electron chi connectivity index (χ3n) is 0.397. The van der Waals surface area contributed by atoms with E-state index in [0.717, 1.165) is 0 Å². The lowest BCUT2D eigenvalue weighted by atomic mass is 10.7. The molecule has 0 unspecified atom stereocenters. The molecule has 0 amide bonds. The molecule has 3 heteroatoms. The molecule has 0 atom stereocenters. The van der Waals surface area contributed by atoms with Crippen LogP contribution >= 0.6 is 0 Å².